The third-order valence-electron chi connectivity index (χ3n) is 6.73. The molecule has 1 amide bonds. The Bertz CT molecular complexity index is 1020. The van der Waals surface area contributed by atoms with Crippen molar-refractivity contribution in [3.05, 3.63) is 29.8 Å². The number of sulfone groups is 1. The van der Waals surface area contributed by atoms with Crippen LogP contribution in [0.2, 0.25) is 0 Å². The second-order valence-corrected chi connectivity index (χ2v) is 11.2. The minimum Gasteiger partial charge on any atom is -0.374 e. The molecule has 4 rings (SSSR count). The number of ether oxygens (including phenoxy) is 1. The number of rotatable bonds is 6. The Morgan fingerprint density at radius 2 is 1.81 bits per heavy atom. The zero-order valence-electron chi connectivity index (χ0n) is 17.4. The molecule has 1 N–H and O–H groups in total. The van der Waals surface area contributed by atoms with E-state index in [-0.39, 0.29) is 18.9 Å². The first-order chi connectivity index (χ1) is 15.1. The van der Waals surface area contributed by atoms with Crippen LogP contribution in [-0.4, -0.2) is 37.3 Å². The van der Waals surface area contributed by atoms with Gasteiger partial charge in [-0.15, -0.1) is 0 Å². The molecule has 3 saturated carbocycles. The zero-order valence-corrected chi connectivity index (χ0v) is 18.2. The Hall–Kier alpha value is -2.12. The molecule has 32 heavy (non-hydrogen) atoms. The van der Waals surface area contributed by atoms with Crippen LogP contribution >= 0.6 is 0 Å². The van der Waals surface area contributed by atoms with Crippen LogP contribution in [0, 0.1) is 17.2 Å². The Kier molecular flexibility index (Phi) is 6.01. The van der Waals surface area contributed by atoms with Crippen molar-refractivity contribution in [3.63, 3.8) is 0 Å². The number of nitriles is 1. The zero-order chi connectivity index (χ0) is 23.1. The number of carbonyl (C=O) groups excluding carboxylic acids is 1. The maximum absolute atomic E-state index is 13.5. The smallest absolute Gasteiger partial charge is 0.374 e. The summed E-state index contributed by atoms with van der Waals surface area (Å²) in [6.45, 7) is 0. The Morgan fingerprint density at radius 3 is 2.41 bits per heavy atom. The van der Waals surface area contributed by atoms with Crippen LogP contribution in [0.4, 0.5) is 13.2 Å². The van der Waals surface area contributed by atoms with E-state index in [2.05, 4.69) is 11.4 Å². The molecule has 3 atom stereocenters. The number of carbonyl (C=O) groups is 1. The molecule has 0 saturated heterocycles. The van der Waals surface area contributed by atoms with Gasteiger partial charge >= 0.3 is 6.18 Å². The first-order valence-corrected chi connectivity index (χ1v) is 12.4. The number of benzene rings is 1. The fraction of sp³-hybridized carbons (Fsp3) is 0.636. The standard InChI is InChI=1S/C22H25F3N2O4S/c23-22(24,25)17-7-3-4-8-19(17)32(29,30)15-11-16(20(28)27-21(13-26)9-10-21)18(12-15)31-14-5-1-2-6-14/h3-4,7-8,14-16,18H,1-2,5-6,9-12H2,(H,27,28)/t15-,16-,18-/m1/s1. The molecule has 0 bridgehead atoms. The maximum atomic E-state index is 13.5. The first-order valence-electron chi connectivity index (χ1n) is 10.8. The van der Waals surface area contributed by atoms with Crippen molar-refractivity contribution in [3.8, 4) is 6.07 Å². The van der Waals surface area contributed by atoms with Crippen LogP contribution in [0.3, 0.4) is 0 Å². The van der Waals surface area contributed by atoms with E-state index in [1.54, 1.807) is 0 Å². The molecule has 0 radical (unpaired) electrons. The number of alkyl halides is 3. The molecule has 0 aromatic heterocycles. The number of hydrogen-bond donors (Lipinski definition) is 1. The summed E-state index contributed by atoms with van der Waals surface area (Å²) in [6, 6.07) is 6.20. The second-order valence-electron chi connectivity index (χ2n) is 9.00. The van der Waals surface area contributed by atoms with Crippen LogP contribution in [-0.2, 0) is 25.5 Å². The van der Waals surface area contributed by atoms with Gasteiger partial charge < -0.3 is 10.1 Å². The Labute approximate surface area is 185 Å². The summed E-state index contributed by atoms with van der Waals surface area (Å²) in [6.07, 6.45) is -1.20. The highest BCUT2D eigenvalue weighted by Crippen LogP contribution is 2.42. The summed E-state index contributed by atoms with van der Waals surface area (Å²) in [7, 11) is -4.36. The molecule has 174 valence electrons. The topological polar surface area (TPSA) is 96.3 Å². The van der Waals surface area contributed by atoms with E-state index in [0.717, 1.165) is 43.9 Å². The van der Waals surface area contributed by atoms with E-state index in [1.165, 1.54) is 6.07 Å². The van der Waals surface area contributed by atoms with Gasteiger partial charge in [0.2, 0.25) is 5.91 Å². The van der Waals surface area contributed by atoms with E-state index in [4.69, 9.17) is 4.74 Å². The fourth-order valence-corrected chi connectivity index (χ4v) is 6.77. The third kappa shape index (κ3) is 4.50. The van der Waals surface area contributed by atoms with Crippen LogP contribution in [0.25, 0.3) is 0 Å². The predicted molar refractivity (Wildman–Crippen MR) is 108 cm³/mol. The van der Waals surface area contributed by atoms with Gasteiger partial charge in [0.1, 0.15) is 5.54 Å². The van der Waals surface area contributed by atoms with Crippen molar-refractivity contribution in [2.45, 2.75) is 85.4 Å². The first kappa shape index (κ1) is 23.1. The molecule has 3 fully saturated rings. The number of nitrogens with one attached hydrogen (secondary N) is 1. The average Bonchev–Trinajstić information content (AvgIpc) is 3.13. The summed E-state index contributed by atoms with van der Waals surface area (Å²) >= 11 is 0. The van der Waals surface area contributed by atoms with Crippen molar-refractivity contribution in [1.82, 2.24) is 5.32 Å². The van der Waals surface area contributed by atoms with E-state index in [9.17, 15) is 31.6 Å². The van der Waals surface area contributed by atoms with Gasteiger partial charge in [0.05, 0.1) is 39.9 Å². The summed E-state index contributed by atoms with van der Waals surface area (Å²) < 4.78 is 73.0. The van der Waals surface area contributed by atoms with Crippen molar-refractivity contribution >= 4 is 15.7 Å². The van der Waals surface area contributed by atoms with Gasteiger partial charge in [-0.05, 0) is 50.7 Å². The molecule has 10 heteroatoms. The Morgan fingerprint density at radius 1 is 1.16 bits per heavy atom. The summed E-state index contributed by atoms with van der Waals surface area (Å²) in [5, 5.41) is 10.8. The molecule has 6 nitrogen and oxygen atoms in total. The van der Waals surface area contributed by atoms with Gasteiger partial charge in [0, 0.05) is 0 Å². The third-order valence-corrected chi connectivity index (χ3v) is 8.96. The minimum absolute atomic E-state index is 0.0529. The molecular formula is C22H25F3N2O4S. The van der Waals surface area contributed by atoms with E-state index < -0.39 is 55.2 Å². The highest BCUT2D eigenvalue weighted by Gasteiger charge is 2.51. The van der Waals surface area contributed by atoms with Crippen molar-refractivity contribution < 1.29 is 31.1 Å². The molecular weight excluding hydrogens is 445 g/mol. The van der Waals surface area contributed by atoms with Crippen LogP contribution in [0.1, 0.15) is 56.9 Å². The molecule has 1 aromatic rings. The van der Waals surface area contributed by atoms with Crippen LogP contribution in [0.5, 0.6) is 0 Å². The van der Waals surface area contributed by atoms with Crippen LogP contribution in [0.15, 0.2) is 29.2 Å². The number of nitrogens with zero attached hydrogens (tertiary/aromatic N) is 1. The van der Waals surface area contributed by atoms with Crippen molar-refractivity contribution in [2.24, 2.45) is 5.92 Å². The van der Waals surface area contributed by atoms with E-state index in [0.29, 0.717) is 12.8 Å². The number of hydrogen-bond acceptors (Lipinski definition) is 5. The molecule has 0 heterocycles. The number of amides is 1. The maximum Gasteiger partial charge on any atom is 0.417 e. The SMILES string of the molecule is N#CC1(NC(=O)[C@@H]2C[C@@H](S(=O)(=O)c3ccccc3C(F)(F)F)C[C@H]2OC2CCCC2)CC1. The largest absolute Gasteiger partial charge is 0.417 e. The van der Waals surface area contributed by atoms with Gasteiger partial charge in [-0.1, -0.05) is 25.0 Å². The molecule has 3 aliphatic rings. The van der Waals surface area contributed by atoms with Gasteiger partial charge in [-0.3, -0.25) is 4.79 Å². The van der Waals surface area contributed by atoms with Crippen LogP contribution < -0.4 is 5.32 Å². The lowest BCUT2D eigenvalue weighted by Gasteiger charge is -2.24. The van der Waals surface area contributed by atoms with E-state index in [1.807, 2.05) is 0 Å². The molecule has 0 spiro atoms. The average molecular weight is 471 g/mol. The normalized spacial score (nSPS) is 27.8. The summed E-state index contributed by atoms with van der Waals surface area (Å²) in [4.78, 5) is 12.2. The lowest BCUT2D eigenvalue weighted by Crippen LogP contribution is -2.43. The van der Waals surface area contributed by atoms with Gasteiger partial charge in [-0.25, -0.2) is 8.42 Å². The molecule has 1 aromatic carbocycles. The van der Waals surface area contributed by atoms with Crippen molar-refractivity contribution in [1.29, 1.82) is 5.26 Å². The van der Waals surface area contributed by atoms with Crippen molar-refractivity contribution in [2.75, 3.05) is 0 Å². The highest BCUT2D eigenvalue weighted by molar-refractivity contribution is 7.92. The van der Waals surface area contributed by atoms with E-state index >= 15 is 0 Å². The summed E-state index contributed by atoms with van der Waals surface area (Å²) in [5.41, 5.74) is -2.13. The molecule has 3 aliphatic carbocycles. The lowest BCUT2D eigenvalue weighted by atomic mass is 10.0. The minimum atomic E-state index is -4.82. The summed E-state index contributed by atoms with van der Waals surface area (Å²) in [5.74, 6) is -1.30. The van der Waals surface area contributed by atoms with Gasteiger partial charge in [0.15, 0.2) is 9.84 Å². The molecule has 0 aliphatic heterocycles. The highest BCUT2D eigenvalue weighted by atomic mass is 32.2. The second kappa shape index (κ2) is 8.34. The quantitative estimate of drug-likeness (QED) is 0.683. The van der Waals surface area contributed by atoms with Gasteiger partial charge in [0.25, 0.3) is 0 Å². The molecule has 0 unspecified atom stereocenters. The van der Waals surface area contributed by atoms with Gasteiger partial charge in [-0.2, -0.15) is 18.4 Å². The Balaban J connectivity index is 1.61. The monoisotopic (exact) mass is 470 g/mol. The number of halogens is 3. The lowest BCUT2D eigenvalue weighted by molar-refractivity contribution is -0.140. The fourth-order valence-electron chi connectivity index (χ4n) is 4.75. The predicted octanol–water partition coefficient (Wildman–Crippen LogP) is 3.76.